The van der Waals surface area contributed by atoms with Gasteiger partial charge in [-0.2, -0.15) is 0 Å². The summed E-state index contributed by atoms with van der Waals surface area (Å²) in [6, 6.07) is 12.0. The van der Waals surface area contributed by atoms with E-state index in [0.717, 1.165) is 34.5 Å². The Bertz CT molecular complexity index is 1180. The van der Waals surface area contributed by atoms with Crippen LogP contribution in [-0.4, -0.2) is 36.9 Å². The number of likely N-dealkylation sites (tertiary alicyclic amines) is 1. The summed E-state index contributed by atoms with van der Waals surface area (Å²) in [6.07, 6.45) is 0.725. The molecule has 0 saturated carbocycles. The van der Waals surface area contributed by atoms with Crippen LogP contribution in [0.4, 0.5) is 11.4 Å². The second-order valence-corrected chi connectivity index (χ2v) is 9.60. The summed E-state index contributed by atoms with van der Waals surface area (Å²) >= 11 is 6.47. The molecule has 5 nitrogen and oxygen atoms in total. The van der Waals surface area contributed by atoms with Gasteiger partial charge in [0, 0.05) is 36.5 Å². The Hall–Kier alpha value is -2.97. The highest BCUT2D eigenvalue weighted by molar-refractivity contribution is 6.31. The van der Waals surface area contributed by atoms with E-state index in [4.69, 9.17) is 11.6 Å². The first-order valence-electron chi connectivity index (χ1n) is 11.8. The Balaban J connectivity index is 0.00000158. The van der Waals surface area contributed by atoms with E-state index in [1.165, 1.54) is 0 Å². The van der Waals surface area contributed by atoms with Gasteiger partial charge in [-0.05, 0) is 74.9 Å². The maximum Gasteiger partial charge on any atom is 0.298 e. The lowest BCUT2D eigenvalue weighted by molar-refractivity contribution is -0.124. The highest BCUT2D eigenvalue weighted by Gasteiger charge is 2.44. The largest absolute Gasteiger partial charge is 0.374 e. The first-order valence-corrected chi connectivity index (χ1v) is 12.2. The maximum absolute atomic E-state index is 12.7. The molecule has 34 heavy (non-hydrogen) atoms. The van der Waals surface area contributed by atoms with Crippen molar-refractivity contribution in [2.75, 3.05) is 30.4 Å². The van der Waals surface area contributed by atoms with E-state index in [2.05, 4.69) is 23.2 Å². The molecular formula is C28H34ClN3O2. The third-order valence-electron chi connectivity index (χ3n) is 6.83. The third-order valence-corrected chi connectivity index (χ3v) is 7.24. The monoisotopic (exact) mass is 479 g/mol. The van der Waals surface area contributed by atoms with Crippen molar-refractivity contribution in [2.24, 2.45) is 0 Å². The second-order valence-electron chi connectivity index (χ2n) is 9.19. The lowest BCUT2D eigenvalue weighted by Gasteiger charge is -2.34. The first-order chi connectivity index (χ1) is 16.1. The Morgan fingerprint density at radius 3 is 2.53 bits per heavy atom. The summed E-state index contributed by atoms with van der Waals surface area (Å²) in [7, 11) is 1.82. The molecule has 0 spiro atoms. The lowest BCUT2D eigenvalue weighted by Crippen LogP contribution is -2.40. The molecule has 1 fully saturated rings. The molecule has 2 aromatic rings. The van der Waals surface area contributed by atoms with Gasteiger partial charge in [-0.25, -0.2) is 0 Å². The minimum absolute atomic E-state index is 0.0841. The van der Waals surface area contributed by atoms with Crippen LogP contribution >= 0.6 is 11.6 Å². The number of anilines is 2. The number of nitrogens with zero attached hydrogens (tertiary/aromatic N) is 2. The Kier molecular flexibility index (Phi) is 7.33. The number of nitrogens with one attached hydrogen (secondary N) is 1. The predicted octanol–water partition coefficient (Wildman–Crippen LogP) is 5.49. The number of hydrogen-bond acceptors (Lipinski definition) is 3. The van der Waals surface area contributed by atoms with Crippen molar-refractivity contribution in [1.82, 2.24) is 4.90 Å². The maximum atomic E-state index is 12.7. The fourth-order valence-corrected chi connectivity index (χ4v) is 5.19. The second kappa shape index (κ2) is 9.72. The minimum Gasteiger partial charge on any atom is -0.374 e. The van der Waals surface area contributed by atoms with Crippen LogP contribution in [0.5, 0.6) is 0 Å². The number of halogens is 1. The Labute approximate surface area is 208 Å². The number of amides is 2. The van der Waals surface area contributed by atoms with Crippen molar-refractivity contribution in [1.29, 1.82) is 0 Å². The van der Waals surface area contributed by atoms with Crippen LogP contribution in [0.1, 0.15) is 57.7 Å². The smallest absolute Gasteiger partial charge is 0.298 e. The fourth-order valence-electron chi connectivity index (χ4n) is 5.02. The Morgan fingerprint density at radius 2 is 1.85 bits per heavy atom. The summed E-state index contributed by atoms with van der Waals surface area (Å²) in [4.78, 5) is 28.8. The summed E-state index contributed by atoms with van der Waals surface area (Å²) in [5.41, 5.74) is 3.83. The molecule has 0 bridgehead atoms. The van der Waals surface area contributed by atoms with E-state index in [9.17, 15) is 9.59 Å². The van der Waals surface area contributed by atoms with Crippen LogP contribution in [0.2, 0.25) is 5.02 Å². The molecule has 1 atom stereocenters. The van der Waals surface area contributed by atoms with Crippen LogP contribution in [0.25, 0.3) is 0 Å². The number of carbonyl (C=O) groups excluding carboxylic acids is 2. The zero-order valence-electron chi connectivity index (χ0n) is 21.2. The van der Waals surface area contributed by atoms with E-state index in [-0.39, 0.29) is 11.8 Å². The highest BCUT2D eigenvalue weighted by Crippen LogP contribution is 2.44. The molecule has 2 amide bonds. The molecular weight excluding hydrogens is 446 g/mol. The zero-order valence-corrected chi connectivity index (χ0v) is 21.9. The van der Waals surface area contributed by atoms with Gasteiger partial charge in [-0.15, -0.1) is 0 Å². The van der Waals surface area contributed by atoms with Crippen molar-refractivity contribution in [3.63, 3.8) is 0 Å². The van der Waals surface area contributed by atoms with Gasteiger partial charge in [0.1, 0.15) is 0 Å². The van der Waals surface area contributed by atoms with Crippen LogP contribution in [0.15, 0.2) is 36.4 Å². The van der Waals surface area contributed by atoms with E-state index < -0.39 is 11.0 Å². The predicted molar refractivity (Wildman–Crippen MR) is 140 cm³/mol. The number of rotatable bonds is 3. The van der Waals surface area contributed by atoms with Gasteiger partial charge >= 0.3 is 0 Å². The van der Waals surface area contributed by atoms with Gasteiger partial charge in [0.25, 0.3) is 5.91 Å². The van der Waals surface area contributed by atoms with Gasteiger partial charge in [0.05, 0.1) is 11.0 Å². The highest BCUT2D eigenvalue weighted by atomic mass is 35.5. The number of hydrogen-bond donors (Lipinski definition) is 1. The molecule has 2 aromatic carbocycles. The number of fused-ring (bicyclic) bond motifs is 1. The van der Waals surface area contributed by atoms with Crippen molar-refractivity contribution < 1.29 is 9.59 Å². The van der Waals surface area contributed by atoms with E-state index in [1.54, 1.807) is 16.7 Å². The summed E-state index contributed by atoms with van der Waals surface area (Å²) < 4.78 is 0. The molecule has 1 unspecified atom stereocenters. The summed E-state index contributed by atoms with van der Waals surface area (Å²) in [5, 5.41) is 4.42. The standard InChI is InChI=1S/C26H28ClN3O2.C2H6/c1-6-8-23(31)30-14-13-26(16-30,19-9-7-10-21(27)17(19)2)28-18-11-12-20-22(15-18)29(5)24(32)25(20,3)4;1-2/h7,9-12,15,28H,13-14,16H2,1-5H3;1-2H3. The molecule has 1 saturated heterocycles. The summed E-state index contributed by atoms with van der Waals surface area (Å²) in [6.45, 7) is 12.7. The SMILES string of the molecule is CC.CC#CC(=O)N1CCC(Nc2ccc3c(c2)N(C)C(=O)C3(C)C)(c2cccc(Cl)c2C)C1. The topological polar surface area (TPSA) is 52.7 Å². The third kappa shape index (κ3) is 4.28. The molecule has 0 aromatic heterocycles. The molecule has 0 aliphatic carbocycles. The van der Waals surface area contributed by atoms with Gasteiger partial charge in [0.15, 0.2) is 0 Å². The molecule has 4 rings (SSSR count). The molecule has 0 radical (unpaired) electrons. The van der Waals surface area contributed by atoms with Gasteiger partial charge < -0.3 is 15.1 Å². The van der Waals surface area contributed by atoms with Crippen LogP contribution < -0.4 is 10.2 Å². The average molecular weight is 480 g/mol. The van der Waals surface area contributed by atoms with Crippen LogP contribution in [0, 0.1) is 18.8 Å². The molecule has 1 N–H and O–H groups in total. The van der Waals surface area contributed by atoms with E-state index >= 15 is 0 Å². The van der Waals surface area contributed by atoms with Crippen LogP contribution in [0.3, 0.4) is 0 Å². The number of carbonyl (C=O) groups is 2. The van der Waals surface area contributed by atoms with Gasteiger partial charge in [-0.1, -0.05) is 49.6 Å². The van der Waals surface area contributed by atoms with Crippen LogP contribution in [-0.2, 0) is 20.5 Å². The first kappa shape index (κ1) is 25.6. The number of benzene rings is 2. The normalized spacial score (nSPS) is 20.2. The minimum atomic E-state index is -0.542. The Morgan fingerprint density at radius 1 is 1.15 bits per heavy atom. The molecule has 2 aliphatic rings. The quantitative estimate of drug-likeness (QED) is 0.592. The molecule has 180 valence electrons. The van der Waals surface area contributed by atoms with Crippen molar-refractivity contribution in [3.8, 4) is 11.8 Å². The van der Waals surface area contributed by atoms with Gasteiger partial charge in [-0.3, -0.25) is 9.59 Å². The van der Waals surface area contributed by atoms with E-state index in [1.807, 2.05) is 72.0 Å². The van der Waals surface area contributed by atoms with E-state index in [0.29, 0.717) is 18.1 Å². The summed E-state index contributed by atoms with van der Waals surface area (Å²) in [5.74, 6) is 5.28. The average Bonchev–Trinajstić information content (AvgIpc) is 3.32. The number of likely N-dealkylation sites (N-methyl/N-ethyl adjacent to an activating group) is 1. The fraction of sp³-hybridized carbons (Fsp3) is 0.429. The van der Waals surface area contributed by atoms with Crippen molar-refractivity contribution in [3.05, 3.63) is 58.1 Å². The molecule has 6 heteroatoms. The van der Waals surface area contributed by atoms with Crippen molar-refractivity contribution in [2.45, 2.75) is 58.9 Å². The molecule has 2 aliphatic heterocycles. The molecule has 2 heterocycles. The zero-order chi connectivity index (χ0) is 25.3. The van der Waals surface area contributed by atoms with Gasteiger partial charge in [0.2, 0.25) is 5.91 Å². The lowest BCUT2D eigenvalue weighted by atomic mass is 9.84. The van der Waals surface area contributed by atoms with Crippen molar-refractivity contribution >= 4 is 34.8 Å².